The van der Waals surface area contributed by atoms with Gasteiger partial charge in [0.25, 0.3) is 0 Å². The predicted octanol–water partition coefficient (Wildman–Crippen LogP) is -1.25. The van der Waals surface area contributed by atoms with Crippen molar-refractivity contribution in [2.75, 3.05) is 5.73 Å². The van der Waals surface area contributed by atoms with Crippen molar-refractivity contribution >= 4 is 21.7 Å². The monoisotopic (exact) mass is 231 g/mol. The summed E-state index contributed by atoms with van der Waals surface area (Å²) in [4.78, 5) is 0.0756. The van der Waals surface area contributed by atoms with Crippen LogP contribution in [0.3, 0.4) is 0 Å². The lowest BCUT2D eigenvalue weighted by Gasteiger charge is -1.96. The minimum absolute atomic E-state index is 0.0756. The molecule has 0 fully saturated rings. The van der Waals surface area contributed by atoms with Crippen molar-refractivity contribution in [3.63, 3.8) is 0 Å². The topological polar surface area (TPSA) is 162 Å². The second-order valence-corrected chi connectivity index (χ2v) is 4.13. The zero-order valence-corrected chi connectivity index (χ0v) is 8.66. The molecule has 0 bridgehead atoms. The lowest BCUT2D eigenvalue weighted by molar-refractivity contribution is 0.598. The third-order valence-corrected chi connectivity index (χ3v) is 2.14. The van der Waals surface area contributed by atoms with Crippen LogP contribution in [0.2, 0.25) is 0 Å². The second-order valence-electron chi connectivity index (χ2n) is 2.57. The van der Waals surface area contributed by atoms with Gasteiger partial charge in [-0.2, -0.15) is 0 Å². The second kappa shape index (κ2) is 5.17. The summed E-state index contributed by atoms with van der Waals surface area (Å²) >= 11 is 0. The molecule has 9 N–H and O–H groups in total. The fourth-order valence-corrected chi connectivity index (χ4v) is 1.17. The zero-order chi connectivity index (χ0) is 12.1. The van der Waals surface area contributed by atoms with Gasteiger partial charge in [0.15, 0.2) is 5.96 Å². The Balaban J connectivity index is 0.000000423. The minimum Gasteiger partial charge on any atom is -0.399 e. The average Bonchev–Trinajstić information content (AvgIpc) is 2.01. The summed E-state index contributed by atoms with van der Waals surface area (Å²) in [6, 6.07) is 5.70. The van der Waals surface area contributed by atoms with E-state index >= 15 is 0 Å². The van der Waals surface area contributed by atoms with Gasteiger partial charge in [0.2, 0.25) is 10.0 Å². The van der Waals surface area contributed by atoms with E-state index < -0.39 is 10.0 Å². The number of benzene rings is 1. The van der Waals surface area contributed by atoms with Crippen LogP contribution in [-0.4, -0.2) is 14.4 Å². The molecule has 0 aliphatic rings. The molecule has 0 atom stereocenters. The first-order chi connectivity index (χ1) is 6.73. The highest BCUT2D eigenvalue weighted by Gasteiger charge is 2.04. The molecule has 8 heteroatoms. The van der Waals surface area contributed by atoms with Crippen LogP contribution in [0.4, 0.5) is 5.69 Å². The number of sulfonamides is 1. The van der Waals surface area contributed by atoms with Crippen molar-refractivity contribution in [2.24, 2.45) is 16.6 Å². The van der Waals surface area contributed by atoms with E-state index in [4.69, 9.17) is 16.3 Å². The van der Waals surface area contributed by atoms with E-state index in [0.29, 0.717) is 5.69 Å². The smallest absolute Gasteiger partial charge is 0.238 e. The van der Waals surface area contributed by atoms with E-state index in [-0.39, 0.29) is 10.9 Å². The van der Waals surface area contributed by atoms with Gasteiger partial charge in [-0.15, -0.1) is 0 Å². The molecule has 0 spiro atoms. The SMILES string of the molecule is N=C(N)N.Nc1ccc(S(N)(=O)=O)cc1. The van der Waals surface area contributed by atoms with E-state index in [2.05, 4.69) is 11.5 Å². The Hall–Kier alpha value is -1.80. The molecule has 1 rings (SSSR count). The number of hydrogen-bond acceptors (Lipinski definition) is 4. The number of rotatable bonds is 1. The van der Waals surface area contributed by atoms with Gasteiger partial charge < -0.3 is 17.2 Å². The van der Waals surface area contributed by atoms with Gasteiger partial charge in [-0.1, -0.05) is 0 Å². The Morgan fingerprint density at radius 3 is 1.73 bits per heavy atom. The van der Waals surface area contributed by atoms with Gasteiger partial charge in [0.1, 0.15) is 0 Å². The number of nitrogens with one attached hydrogen (secondary N) is 1. The van der Waals surface area contributed by atoms with Gasteiger partial charge in [-0.05, 0) is 24.3 Å². The molecule has 15 heavy (non-hydrogen) atoms. The van der Waals surface area contributed by atoms with Gasteiger partial charge in [0.05, 0.1) is 4.90 Å². The maximum absolute atomic E-state index is 10.7. The highest BCUT2D eigenvalue weighted by Crippen LogP contribution is 2.08. The number of anilines is 1. The fraction of sp³-hybridized carbons (Fsp3) is 0. The Bertz CT molecular complexity index is 421. The highest BCUT2D eigenvalue weighted by atomic mass is 32.2. The summed E-state index contributed by atoms with van der Waals surface area (Å²) in [5, 5.41) is 10.9. The maximum Gasteiger partial charge on any atom is 0.238 e. The van der Waals surface area contributed by atoms with Crippen LogP contribution in [0.5, 0.6) is 0 Å². The molecule has 0 aromatic heterocycles. The Morgan fingerprint density at radius 1 is 1.13 bits per heavy atom. The van der Waals surface area contributed by atoms with Crippen LogP contribution in [0.15, 0.2) is 29.2 Å². The molecule has 0 amide bonds. The minimum atomic E-state index is -3.58. The van der Waals surface area contributed by atoms with E-state index in [1.54, 1.807) is 0 Å². The third kappa shape index (κ3) is 6.29. The van der Waals surface area contributed by atoms with Crippen molar-refractivity contribution in [3.8, 4) is 0 Å². The molecule has 0 saturated heterocycles. The summed E-state index contributed by atoms with van der Waals surface area (Å²) in [6.45, 7) is 0. The van der Waals surface area contributed by atoms with Gasteiger partial charge in [0, 0.05) is 5.69 Å². The van der Waals surface area contributed by atoms with Gasteiger partial charge in [-0.3, -0.25) is 5.41 Å². The lowest BCUT2D eigenvalue weighted by Crippen LogP contribution is -2.20. The van der Waals surface area contributed by atoms with Gasteiger partial charge >= 0.3 is 0 Å². The number of nitrogen functional groups attached to an aromatic ring is 1. The number of hydrogen-bond donors (Lipinski definition) is 5. The molecular formula is C7H13N5O2S. The van der Waals surface area contributed by atoms with Gasteiger partial charge in [-0.25, -0.2) is 13.6 Å². The maximum atomic E-state index is 10.7. The lowest BCUT2D eigenvalue weighted by atomic mass is 10.3. The molecule has 0 radical (unpaired) electrons. The zero-order valence-electron chi connectivity index (χ0n) is 7.84. The standard InChI is InChI=1S/C6H8N2O2S.CH5N3/c7-5-1-3-6(4-2-5)11(8,9)10;2-1(3)4/h1-4H,7H2,(H2,8,9,10);(H5,2,3,4). The molecule has 0 heterocycles. The molecule has 0 saturated carbocycles. The predicted molar refractivity (Wildman–Crippen MR) is 58.3 cm³/mol. The van der Waals surface area contributed by atoms with E-state index in [1.165, 1.54) is 24.3 Å². The van der Waals surface area contributed by atoms with Crippen LogP contribution < -0.4 is 22.3 Å². The van der Waals surface area contributed by atoms with E-state index in [0.717, 1.165) is 0 Å². The molecule has 7 nitrogen and oxygen atoms in total. The van der Waals surface area contributed by atoms with Crippen LogP contribution in [0, 0.1) is 5.41 Å². The Labute approximate surface area is 87.6 Å². The number of nitrogens with two attached hydrogens (primary N) is 4. The summed E-state index contributed by atoms with van der Waals surface area (Å²) < 4.78 is 21.4. The average molecular weight is 231 g/mol. The Morgan fingerprint density at radius 2 is 1.47 bits per heavy atom. The normalized spacial score (nSPS) is 9.93. The van der Waals surface area contributed by atoms with Crippen LogP contribution >= 0.6 is 0 Å². The first kappa shape index (κ1) is 13.2. The third-order valence-electron chi connectivity index (χ3n) is 1.21. The van der Waals surface area contributed by atoms with Crippen LogP contribution in [0.25, 0.3) is 0 Å². The van der Waals surface area contributed by atoms with Crippen molar-refractivity contribution in [1.82, 2.24) is 0 Å². The van der Waals surface area contributed by atoms with E-state index in [1.807, 2.05) is 0 Å². The number of guanidine groups is 1. The van der Waals surface area contributed by atoms with Crippen molar-refractivity contribution in [2.45, 2.75) is 4.90 Å². The molecule has 0 aliphatic carbocycles. The number of primary sulfonamides is 1. The molecular weight excluding hydrogens is 218 g/mol. The first-order valence-electron chi connectivity index (χ1n) is 3.71. The van der Waals surface area contributed by atoms with Crippen LogP contribution in [0.1, 0.15) is 0 Å². The van der Waals surface area contributed by atoms with E-state index in [9.17, 15) is 8.42 Å². The largest absolute Gasteiger partial charge is 0.399 e. The summed E-state index contributed by atoms with van der Waals surface area (Å²) in [6.07, 6.45) is 0. The molecule has 1 aromatic carbocycles. The first-order valence-corrected chi connectivity index (χ1v) is 5.26. The van der Waals surface area contributed by atoms with Crippen molar-refractivity contribution < 1.29 is 8.42 Å². The summed E-state index contributed by atoms with van der Waals surface area (Å²) in [5.74, 6) is -0.333. The molecule has 1 aromatic rings. The highest BCUT2D eigenvalue weighted by molar-refractivity contribution is 7.89. The van der Waals surface area contributed by atoms with Crippen molar-refractivity contribution in [1.29, 1.82) is 5.41 Å². The quantitative estimate of drug-likeness (QED) is 0.231. The summed E-state index contributed by atoms with van der Waals surface area (Å²) in [5.41, 5.74) is 14.8. The van der Waals surface area contributed by atoms with Crippen molar-refractivity contribution in [3.05, 3.63) is 24.3 Å². The summed E-state index contributed by atoms with van der Waals surface area (Å²) in [7, 11) is -3.58. The fourth-order valence-electron chi connectivity index (χ4n) is 0.658. The Kier molecular flexibility index (Phi) is 4.55. The molecule has 0 unspecified atom stereocenters. The van der Waals surface area contributed by atoms with Crippen LogP contribution in [-0.2, 0) is 10.0 Å². The molecule has 84 valence electrons. The molecule has 0 aliphatic heterocycles.